The van der Waals surface area contributed by atoms with Gasteiger partial charge in [-0.25, -0.2) is 4.79 Å². The average molecular weight is 472 g/mol. The van der Waals surface area contributed by atoms with Crippen LogP contribution in [-0.4, -0.2) is 24.1 Å². The van der Waals surface area contributed by atoms with Crippen molar-refractivity contribution in [1.29, 1.82) is 0 Å². The summed E-state index contributed by atoms with van der Waals surface area (Å²) in [5.41, 5.74) is -4.19. The molecule has 0 unspecified atom stereocenters. The molecule has 0 bridgehead atoms. The second-order valence-electron chi connectivity index (χ2n) is 8.40. The van der Waals surface area contributed by atoms with E-state index in [1.54, 1.807) is 30.3 Å². The Hall–Kier alpha value is -3.08. The fourth-order valence-electron chi connectivity index (χ4n) is 4.53. The molecule has 1 spiro atoms. The van der Waals surface area contributed by atoms with E-state index in [2.05, 4.69) is 10.6 Å². The van der Waals surface area contributed by atoms with Crippen LogP contribution < -0.4 is 10.6 Å². The standard InChI is InChI=1S/C22H18F6N2O3/c23-21(24,25)15-6-13(7-16(8-15)22(26,27)28)9-33-12-19(14-4-2-1-3-5-14)10-20(11-19)17(31)29-18(32)30-20/h1-8H,9-12H2,(H2,29,30,31,32). The first kappa shape index (κ1) is 23.1. The quantitative estimate of drug-likeness (QED) is 0.496. The van der Waals surface area contributed by atoms with Crippen LogP contribution in [0.3, 0.4) is 0 Å². The van der Waals surface area contributed by atoms with E-state index in [-0.39, 0.29) is 31.1 Å². The minimum absolute atomic E-state index is 0.0615. The SMILES string of the molecule is O=C1NC(=O)C2(CC(COCc3cc(C(F)(F)F)cc(C(F)(F)F)c3)(c3ccccc3)C2)N1. The fourth-order valence-corrected chi connectivity index (χ4v) is 4.53. The molecule has 4 rings (SSSR count). The van der Waals surface area contributed by atoms with Crippen LogP contribution in [0.2, 0.25) is 0 Å². The van der Waals surface area contributed by atoms with Gasteiger partial charge in [-0.2, -0.15) is 26.3 Å². The van der Waals surface area contributed by atoms with Gasteiger partial charge in [0.05, 0.1) is 24.3 Å². The van der Waals surface area contributed by atoms with Crippen LogP contribution in [0.25, 0.3) is 0 Å². The highest BCUT2D eigenvalue weighted by molar-refractivity contribution is 6.08. The summed E-state index contributed by atoms with van der Waals surface area (Å²) in [4.78, 5) is 23.8. The van der Waals surface area contributed by atoms with E-state index in [9.17, 15) is 35.9 Å². The number of amides is 3. The molecule has 33 heavy (non-hydrogen) atoms. The number of alkyl halides is 6. The summed E-state index contributed by atoms with van der Waals surface area (Å²) in [6, 6.07) is 9.56. The lowest BCUT2D eigenvalue weighted by Crippen LogP contribution is -2.65. The van der Waals surface area contributed by atoms with Gasteiger partial charge in [0.25, 0.3) is 5.91 Å². The highest BCUT2D eigenvalue weighted by atomic mass is 19.4. The molecule has 2 aromatic carbocycles. The molecule has 11 heteroatoms. The molecule has 0 radical (unpaired) electrons. The van der Waals surface area contributed by atoms with E-state index in [1.807, 2.05) is 0 Å². The van der Waals surface area contributed by atoms with Crippen LogP contribution in [-0.2, 0) is 33.9 Å². The normalized spacial score (nSPS) is 25.0. The van der Waals surface area contributed by atoms with Crippen molar-refractivity contribution in [2.45, 2.75) is 42.8 Å². The van der Waals surface area contributed by atoms with Crippen LogP contribution in [0.15, 0.2) is 48.5 Å². The van der Waals surface area contributed by atoms with Crippen molar-refractivity contribution in [3.8, 4) is 0 Å². The summed E-state index contributed by atoms with van der Waals surface area (Å²) in [7, 11) is 0. The molecule has 5 nitrogen and oxygen atoms in total. The number of benzene rings is 2. The first-order valence-corrected chi connectivity index (χ1v) is 9.88. The van der Waals surface area contributed by atoms with Crippen molar-refractivity contribution in [2.24, 2.45) is 0 Å². The molecule has 0 atom stereocenters. The molecule has 3 amide bonds. The number of hydrogen-bond acceptors (Lipinski definition) is 3. The van der Waals surface area contributed by atoms with Gasteiger partial charge < -0.3 is 10.1 Å². The minimum Gasteiger partial charge on any atom is -0.376 e. The van der Waals surface area contributed by atoms with Crippen molar-refractivity contribution >= 4 is 11.9 Å². The summed E-state index contributed by atoms with van der Waals surface area (Å²) in [5, 5.41) is 4.77. The Bertz CT molecular complexity index is 1040. The molecule has 0 aromatic heterocycles. The molecule has 176 valence electrons. The Morgan fingerprint density at radius 1 is 0.879 bits per heavy atom. The van der Waals surface area contributed by atoms with Crippen molar-refractivity contribution in [2.75, 3.05) is 6.61 Å². The third-order valence-electron chi connectivity index (χ3n) is 5.98. The Kier molecular flexibility index (Phi) is 5.43. The van der Waals surface area contributed by atoms with Gasteiger partial charge in [-0.15, -0.1) is 0 Å². The summed E-state index contributed by atoms with van der Waals surface area (Å²) in [5.74, 6) is -0.480. The van der Waals surface area contributed by atoms with E-state index < -0.39 is 53.0 Å². The maximum Gasteiger partial charge on any atom is 0.416 e. The Morgan fingerprint density at radius 2 is 1.45 bits per heavy atom. The first-order chi connectivity index (χ1) is 15.3. The molecular weight excluding hydrogens is 454 g/mol. The lowest BCUT2D eigenvalue weighted by Gasteiger charge is -2.52. The van der Waals surface area contributed by atoms with Crippen LogP contribution >= 0.6 is 0 Å². The predicted octanol–water partition coefficient (Wildman–Crippen LogP) is 4.55. The average Bonchev–Trinajstić information content (AvgIpc) is 3.00. The van der Waals surface area contributed by atoms with Crippen molar-refractivity contribution in [1.82, 2.24) is 10.6 Å². The molecule has 1 aliphatic carbocycles. The van der Waals surface area contributed by atoms with Crippen molar-refractivity contribution in [3.63, 3.8) is 0 Å². The number of imide groups is 1. The third-order valence-corrected chi connectivity index (χ3v) is 5.98. The second kappa shape index (κ2) is 7.75. The maximum atomic E-state index is 13.1. The lowest BCUT2D eigenvalue weighted by molar-refractivity contribution is -0.143. The van der Waals surface area contributed by atoms with Gasteiger partial charge in [0.2, 0.25) is 0 Å². The number of carbonyl (C=O) groups excluding carboxylic acids is 2. The third kappa shape index (κ3) is 4.41. The van der Waals surface area contributed by atoms with E-state index in [0.29, 0.717) is 12.1 Å². The Morgan fingerprint density at radius 3 is 1.94 bits per heavy atom. The highest BCUT2D eigenvalue weighted by Crippen LogP contribution is 2.52. The lowest BCUT2D eigenvalue weighted by atomic mass is 9.54. The summed E-state index contributed by atoms with van der Waals surface area (Å²) >= 11 is 0. The van der Waals surface area contributed by atoms with Gasteiger partial charge in [-0.3, -0.25) is 10.1 Å². The molecule has 2 N–H and O–H groups in total. The molecule has 1 heterocycles. The van der Waals surface area contributed by atoms with Crippen LogP contribution in [0.5, 0.6) is 0 Å². The number of hydrogen-bond donors (Lipinski definition) is 2. The fraction of sp³-hybridized carbons (Fsp3) is 0.364. The van der Waals surface area contributed by atoms with Crippen LogP contribution in [0, 0.1) is 0 Å². The Labute approximate surface area is 184 Å². The van der Waals surface area contributed by atoms with Crippen LogP contribution in [0.4, 0.5) is 31.1 Å². The topological polar surface area (TPSA) is 67.4 Å². The molecule has 2 aliphatic rings. The zero-order valence-corrected chi connectivity index (χ0v) is 16.9. The summed E-state index contributed by atoms with van der Waals surface area (Å²) < 4.78 is 84.1. The monoisotopic (exact) mass is 472 g/mol. The van der Waals surface area contributed by atoms with E-state index in [1.165, 1.54) is 0 Å². The predicted molar refractivity (Wildman–Crippen MR) is 103 cm³/mol. The minimum atomic E-state index is -4.95. The molecule has 1 saturated heterocycles. The van der Waals surface area contributed by atoms with Gasteiger partial charge in [-0.05, 0) is 42.2 Å². The first-order valence-electron chi connectivity index (χ1n) is 9.88. The summed E-state index contributed by atoms with van der Waals surface area (Å²) in [6.07, 6.45) is -9.54. The van der Waals surface area contributed by atoms with E-state index >= 15 is 0 Å². The maximum absolute atomic E-state index is 13.1. The van der Waals surface area contributed by atoms with Gasteiger partial charge in [-0.1, -0.05) is 30.3 Å². The van der Waals surface area contributed by atoms with Crippen molar-refractivity contribution < 1.29 is 40.7 Å². The molecule has 1 saturated carbocycles. The number of carbonyl (C=O) groups is 2. The number of nitrogens with one attached hydrogen (secondary N) is 2. The van der Waals surface area contributed by atoms with E-state index in [0.717, 1.165) is 5.56 Å². The Balaban J connectivity index is 1.55. The van der Waals surface area contributed by atoms with Crippen molar-refractivity contribution in [3.05, 3.63) is 70.8 Å². The molecule has 2 fully saturated rings. The number of halogens is 6. The second-order valence-corrected chi connectivity index (χ2v) is 8.40. The van der Waals surface area contributed by atoms with Crippen LogP contribution in [0.1, 0.15) is 35.1 Å². The molecule has 2 aromatic rings. The zero-order chi connectivity index (χ0) is 24.1. The van der Waals surface area contributed by atoms with Gasteiger partial charge in [0, 0.05) is 5.41 Å². The zero-order valence-electron chi connectivity index (χ0n) is 16.9. The van der Waals surface area contributed by atoms with Gasteiger partial charge >= 0.3 is 18.4 Å². The highest BCUT2D eigenvalue weighted by Gasteiger charge is 2.63. The number of rotatable bonds is 5. The number of urea groups is 1. The largest absolute Gasteiger partial charge is 0.416 e. The van der Waals surface area contributed by atoms with Gasteiger partial charge in [0.15, 0.2) is 0 Å². The number of ether oxygens (including phenoxy) is 1. The molecular formula is C22H18F6N2O3. The molecule has 1 aliphatic heterocycles. The summed E-state index contributed by atoms with van der Waals surface area (Å²) in [6.45, 7) is -0.563. The van der Waals surface area contributed by atoms with E-state index in [4.69, 9.17) is 4.74 Å². The smallest absolute Gasteiger partial charge is 0.376 e. The van der Waals surface area contributed by atoms with Gasteiger partial charge in [0.1, 0.15) is 5.54 Å².